The van der Waals surface area contributed by atoms with Crippen LogP contribution in [0.1, 0.15) is 39.9 Å². The number of hydrogen-bond donors (Lipinski definition) is 0. The minimum atomic E-state index is 0.0159. The SMILES string of the molecule is CCn1cc(CN2CCN(C(=O)c3cnn4c(C)cc(C)nc34)CC2)c(C)n1. The molecule has 0 bridgehead atoms. The summed E-state index contributed by atoms with van der Waals surface area (Å²) in [5.74, 6) is 0.0159. The average molecular weight is 381 g/mol. The van der Waals surface area contributed by atoms with E-state index in [1.54, 1.807) is 10.7 Å². The van der Waals surface area contributed by atoms with Gasteiger partial charge < -0.3 is 4.90 Å². The fourth-order valence-corrected chi connectivity index (χ4v) is 3.82. The third kappa shape index (κ3) is 3.40. The van der Waals surface area contributed by atoms with E-state index in [-0.39, 0.29) is 5.91 Å². The van der Waals surface area contributed by atoms with Gasteiger partial charge in [0.05, 0.1) is 11.9 Å². The summed E-state index contributed by atoms with van der Waals surface area (Å²) < 4.78 is 3.72. The highest BCUT2D eigenvalue weighted by atomic mass is 16.2. The molecule has 3 aromatic rings. The van der Waals surface area contributed by atoms with Gasteiger partial charge in [-0.3, -0.25) is 14.4 Å². The Bertz CT molecular complexity index is 1010. The normalized spacial score (nSPS) is 15.5. The van der Waals surface area contributed by atoms with Crippen LogP contribution >= 0.6 is 0 Å². The molecule has 1 aliphatic heterocycles. The minimum absolute atomic E-state index is 0.0159. The summed E-state index contributed by atoms with van der Waals surface area (Å²) in [5, 5.41) is 8.88. The van der Waals surface area contributed by atoms with E-state index in [9.17, 15) is 4.79 Å². The molecule has 1 fully saturated rings. The zero-order valence-corrected chi connectivity index (χ0v) is 17.0. The quantitative estimate of drug-likeness (QED) is 0.689. The van der Waals surface area contributed by atoms with Gasteiger partial charge in [0.2, 0.25) is 0 Å². The maximum absolute atomic E-state index is 13.1. The molecule has 4 rings (SSSR count). The van der Waals surface area contributed by atoms with E-state index < -0.39 is 0 Å². The molecule has 0 spiro atoms. The first kappa shape index (κ1) is 18.6. The van der Waals surface area contributed by atoms with Gasteiger partial charge in [-0.15, -0.1) is 0 Å². The van der Waals surface area contributed by atoms with Crippen molar-refractivity contribution in [1.29, 1.82) is 0 Å². The maximum atomic E-state index is 13.1. The van der Waals surface area contributed by atoms with Crippen LogP contribution in [-0.4, -0.2) is 66.3 Å². The van der Waals surface area contributed by atoms with E-state index in [1.807, 2.05) is 29.5 Å². The van der Waals surface area contributed by atoms with Crippen LogP contribution in [0.25, 0.3) is 5.65 Å². The lowest BCUT2D eigenvalue weighted by Crippen LogP contribution is -2.48. The van der Waals surface area contributed by atoms with Crippen LogP contribution in [0.4, 0.5) is 0 Å². The number of aromatic nitrogens is 5. The molecule has 1 saturated heterocycles. The van der Waals surface area contributed by atoms with Crippen LogP contribution in [0.5, 0.6) is 0 Å². The van der Waals surface area contributed by atoms with Crippen LogP contribution in [0.15, 0.2) is 18.5 Å². The van der Waals surface area contributed by atoms with E-state index in [4.69, 9.17) is 0 Å². The summed E-state index contributed by atoms with van der Waals surface area (Å²) in [4.78, 5) is 21.9. The molecule has 0 radical (unpaired) electrons. The van der Waals surface area contributed by atoms with E-state index in [1.165, 1.54) is 5.56 Å². The molecular weight excluding hydrogens is 354 g/mol. The lowest BCUT2D eigenvalue weighted by atomic mass is 10.2. The van der Waals surface area contributed by atoms with Crippen molar-refractivity contribution in [2.45, 2.75) is 40.8 Å². The Kier molecular flexibility index (Phi) is 4.89. The molecule has 8 heteroatoms. The lowest BCUT2D eigenvalue weighted by Gasteiger charge is -2.34. The first-order valence-corrected chi connectivity index (χ1v) is 9.82. The summed E-state index contributed by atoms with van der Waals surface area (Å²) in [5.41, 5.74) is 5.46. The van der Waals surface area contributed by atoms with E-state index in [0.717, 1.165) is 43.3 Å². The average Bonchev–Trinajstić information content (AvgIpc) is 3.25. The van der Waals surface area contributed by atoms with Gasteiger partial charge in [-0.2, -0.15) is 10.2 Å². The van der Waals surface area contributed by atoms with Gasteiger partial charge >= 0.3 is 0 Å². The van der Waals surface area contributed by atoms with Crippen molar-refractivity contribution in [1.82, 2.24) is 34.2 Å². The van der Waals surface area contributed by atoms with Gasteiger partial charge in [0, 0.05) is 62.4 Å². The predicted octanol–water partition coefficient (Wildman–Crippen LogP) is 1.83. The minimum Gasteiger partial charge on any atom is -0.336 e. The van der Waals surface area contributed by atoms with Crippen molar-refractivity contribution in [3.05, 3.63) is 46.7 Å². The first-order chi connectivity index (χ1) is 13.5. The van der Waals surface area contributed by atoms with Gasteiger partial charge in [0.25, 0.3) is 5.91 Å². The molecule has 8 nitrogen and oxygen atoms in total. The molecule has 0 saturated carbocycles. The molecule has 1 aliphatic rings. The number of fused-ring (bicyclic) bond motifs is 1. The molecule has 0 unspecified atom stereocenters. The van der Waals surface area contributed by atoms with E-state index >= 15 is 0 Å². The predicted molar refractivity (Wildman–Crippen MR) is 106 cm³/mol. The Hall–Kier alpha value is -2.74. The van der Waals surface area contributed by atoms with Crippen LogP contribution in [0.2, 0.25) is 0 Å². The summed E-state index contributed by atoms with van der Waals surface area (Å²) in [6.45, 7) is 13.0. The monoisotopic (exact) mass is 381 g/mol. The lowest BCUT2D eigenvalue weighted by molar-refractivity contribution is 0.0630. The number of carbonyl (C=O) groups is 1. The highest BCUT2D eigenvalue weighted by Gasteiger charge is 2.25. The third-order valence-corrected chi connectivity index (χ3v) is 5.43. The number of rotatable bonds is 4. The van der Waals surface area contributed by atoms with Gasteiger partial charge in [-0.1, -0.05) is 0 Å². The van der Waals surface area contributed by atoms with Crippen molar-refractivity contribution in [2.24, 2.45) is 0 Å². The van der Waals surface area contributed by atoms with Gasteiger partial charge in [0.15, 0.2) is 5.65 Å². The summed E-state index contributed by atoms with van der Waals surface area (Å²) in [6.07, 6.45) is 3.77. The van der Waals surface area contributed by atoms with E-state index in [2.05, 4.69) is 40.1 Å². The largest absolute Gasteiger partial charge is 0.336 e. The van der Waals surface area contributed by atoms with Crippen LogP contribution < -0.4 is 0 Å². The molecule has 28 heavy (non-hydrogen) atoms. The zero-order valence-electron chi connectivity index (χ0n) is 17.0. The summed E-state index contributed by atoms with van der Waals surface area (Å²) >= 11 is 0. The third-order valence-electron chi connectivity index (χ3n) is 5.43. The highest BCUT2D eigenvalue weighted by Crippen LogP contribution is 2.17. The van der Waals surface area contributed by atoms with Crippen molar-refractivity contribution in [3.63, 3.8) is 0 Å². The van der Waals surface area contributed by atoms with Crippen LogP contribution in [0.3, 0.4) is 0 Å². The number of hydrogen-bond acceptors (Lipinski definition) is 5. The molecule has 1 amide bonds. The summed E-state index contributed by atoms with van der Waals surface area (Å²) in [6, 6.07) is 1.97. The fourth-order valence-electron chi connectivity index (χ4n) is 3.82. The molecular formula is C20H27N7O. The highest BCUT2D eigenvalue weighted by molar-refractivity contribution is 5.99. The summed E-state index contributed by atoms with van der Waals surface area (Å²) in [7, 11) is 0. The van der Waals surface area contributed by atoms with Gasteiger partial charge in [-0.05, 0) is 33.8 Å². The Balaban J connectivity index is 1.44. The number of nitrogens with zero attached hydrogens (tertiary/aromatic N) is 7. The topological polar surface area (TPSA) is 71.6 Å². The molecule has 0 aromatic carbocycles. The molecule has 0 N–H and O–H groups in total. The Morgan fingerprint density at radius 1 is 1.14 bits per heavy atom. The van der Waals surface area contributed by atoms with Crippen LogP contribution in [0, 0.1) is 20.8 Å². The Labute approximate surface area is 164 Å². The second-order valence-electron chi connectivity index (χ2n) is 7.50. The number of amides is 1. The fraction of sp³-hybridized carbons (Fsp3) is 0.500. The molecule has 0 atom stereocenters. The van der Waals surface area contributed by atoms with Crippen LogP contribution in [-0.2, 0) is 13.1 Å². The Morgan fingerprint density at radius 3 is 2.57 bits per heavy atom. The number of carbonyl (C=O) groups excluding carboxylic acids is 1. The molecule has 3 aromatic heterocycles. The van der Waals surface area contributed by atoms with Crippen molar-refractivity contribution < 1.29 is 4.79 Å². The zero-order chi connectivity index (χ0) is 19.8. The van der Waals surface area contributed by atoms with Gasteiger partial charge in [0.1, 0.15) is 5.56 Å². The van der Waals surface area contributed by atoms with Crippen molar-refractivity contribution in [3.8, 4) is 0 Å². The smallest absolute Gasteiger partial charge is 0.259 e. The Morgan fingerprint density at radius 2 is 1.89 bits per heavy atom. The van der Waals surface area contributed by atoms with Crippen molar-refractivity contribution >= 4 is 11.6 Å². The van der Waals surface area contributed by atoms with Crippen molar-refractivity contribution in [2.75, 3.05) is 26.2 Å². The maximum Gasteiger partial charge on any atom is 0.259 e. The second kappa shape index (κ2) is 7.35. The second-order valence-corrected chi connectivity index (χ2v) is 7.50. The number of piperazine rings is 1. The molecule has 4 heterocycles. The first-order valence-electron chi connectivity index (χ1n) is 9.82. The molecule has 0 aliphatic carbocycles. The number of aryl methyl sites for hydroxylation is 4. The van der Waals surface area contributed by atoms with E-state index in [0.29, 0.717) is 24.3 Å². The standard InChI is InChI=1S/C20H27N7O/c1-5-26-13-17(16(4)23-26)12-24-6-8-25(9-7-24)20(28)18-11-21-27-15(3)10-14(2)22-19(18)27/h10-11,13H,5-9,12H2,1-4H3. The molecule has 148 valence electrons. The van der Waals surface area contributed by atoms with Gasteiger partial charge in [-0.25, -0.2) is 9.50 Å².